The Morgan fingerprint density at radius 3 is 2.02 bits per heavy atom. The van der Waals surface area contributed by atoms with Crippen LogP contribution in [0.4, 0.5) is 39.8 Å². The molecule has 0 bridgehead atoms. The molecular formula is C35H37N7O2S2. The van der Waals surface area contributed by atoms with E-state index in [-0.39, 0.29) is 17.1 Å². The zero-order valence-electron chi connectivity index (χ0n) is 25.7. The third kappa shape index (κ3) is 7.68. The molecule has 46 heavy (non-hydrogen) atoms. The van der Waals surface area contributed by atoms with Crippen molar-refractivity contribution in [2.45, 2.75) is 23.6 Å². The molecule has 0 atom stereocenters. The first-order chi connectivity index (χ1) is 21.9. The molecule has 0 heterocycles. The second kappa shape index (κ2) is 14.7. The highest BCUT2D eigenvalue weighted by Gasteiger charge is 2.17. The van der Waals surface area contributed by atoms with Crippen molar-refractivity contribution < 1.29 is 9.84 Å². The van der Waals surface area contributed by atoms with Gasteiger partial charge in [0.25, 0.3) is 0 Å². The van der Waals surface area contributed by atoms with Crippen LogP contribution >= 0.6 is 25.3 Å². The van der Waals surface area contributed by atoms with Crippen LogP contribution in [-0.2, 0) is 0 Å². The maximum absolute atomic E-state index is 10.8. The Morgan fingerprint density at radius 2 is 1.35 bits per heavy atom. The number of rotatable bonds is 3. The molecule has 0 aliphatic rings. The third-order valence-corrected chi connectivity index (χ3v) is 7.83. The summed E-state index contributed by atoms with van der Waals surface area (Å²) >= 11 is 8.86. The van der Waals surface area contributed by atoms with Crippen molar-refractivity contribution in [2.24, 2.45) is 10.2 Å². The summed E-state index contributed by atoms with van der Waals surface area (Å²) in [6, 6.07) is 28.4. The summed E-state index contributed by atoms with van der Waals surface area (Å²) in [4.78, 5) is 1.06. The molecule has 11 N–H and O–H groups in total. The van der Waals surface area contributed by atoms with Gasteiger partial charge in [0.2, 0.25) is 0 Å². The van der Waals surface area contributed by atoms with Crippen LogP contribution in [0, 0.1) is 13.8 Å². The van der Waals surface area contributed by atoms with E-state index in [4.69, 9.17) is 33.4 Å². The number of nitrogens with zero attached hydrogens (tertiary/aromatic N) is 2. The molecule has 9 nitrogen and oxygen atoms in total. The number of fused-ring (bicyclic) bond motifs is 2. The van der Waals surface area contributed by atoms with Crippen LogP contribution in [0.1, 0.15) is 11.1 Å². The average molecular weight is 652 g/mol. The highest BCUT2D eigenvalue weighted by molar-refractivity contribution is 7.80. The number of anilines is 5. The maximum Gasteiger partial charge on any atom is 0.154 e. The monoisotopic (exact) mass is 651 g/mol. The molecule has 0 saturated carbocycles. The summed E-state index contributed by atoms with van der Waals surface area (Å²) in [6.45, 7) is 3.95. The molecule has 0 aromatic heterocycles. The van der Waals surface area contributed by atoms with Gasteiger partial charge in [-0.3, -0.25) is 0 Å². The number of aryl methyl sites for hydroxylation is 2. The molecule has 0 amide bonds. The lowest BCUT2D eigenvalue weighted by Crippen LogP contribution is -1.96. The van der Waals surface area contributed by atoms with Crippen LogP contribution in [0.15, 0.2) is 111 Å². The van der Waals surface area contributed by atoms with Crippen molar-refractivity contribution in [2.75, 3.05) is 35.8 Å². The SMILES string of the molecule is COc1cc(N)c(C)cc1N.Cc1ccc(N)cc1.Nc1cc(S)c2cc(S)c(N=Nc3cccc4ccccc34)c(O)c2c1N. The molecule has 0 unspecified atom stereocenters. The fourth-order valence-corrected chi connectivity index (χ4v) is 5.13. The summed E-state index contributed by atoms with van der Waals surface area (Å²) in [5, 5.41) is 22.4. The highest BCUT2D eigenvalue weighted by Crippen LogP contribution is 2.46. The number of phenolic OH excluding ortho intramolecular Hbond substituents is 1. The Balaban J connectivity index is 0.000000206. The van der Waals surface area contributed by atoms with Crippen LogP contribution in [0.3, 0.4) is 0 Å². The lowest BCUT2D eigenvalue weighted by molar-refractivity contribution is 0.417. The minimum Gasteiger partial charge on any atom is -0.505 e. The number of thiol groups is 2. The number of methoxy groups -OCH3 is 1. The minimum absolute atomic E-state index is 0.124. The first-order valence-corrected chi connectivity index (χ1v) is 15.0. The highest BCUT2D eigenvalue weighted by atomic mass is 32.1. The molecule has 0 spiro atoms. The zero-order chi connectivity index (χ0) is 33.5. The Labute approximate surface area is 278 Å². The topological polar surface area (TPSA) is 184 Å². The molecule has 236 valence electrons. The van der Waals surface area contributed by atoms with Gasteiger partial charge in [0.05, 0.1) is 35.2 Å². The van der Waals surface area contributed by atoms with Gasteiger partial charge in [-0.15, -0.1) is 35.5 Å². The molecule has 0 aliphatic carbocycles. The molecule has 6 aromatic rings. The van der Waals surface area contributed by atoms with Crippen LogP contribution < -0.4 is 33.4 Å². The predicted octanol–water partition coefficient (Wildman–Crippen LogP) is 8.60. The van der Waals surface area contributed by atoms with Crippen molar-refractivity contribution in [1.82, 2.24) is 0 Å². The van der Waals surface area contributed by atoms with Crippen molar-refractivity contribution >= 4 is 86.6 Å². The molecule has 0 radical (unpaired) electrons. The largest absolute Gasteiger partial charge is 0.505 e. The van der Waals surface area contributed by atoms with Gasteiger partial charge in [-0.25, -0.2) is 0 Å². The van der Waals surface area contributed by atoms with Crippen LogP contribution in [-0.4, -0.2) is 12.2 Å². The van der Waals surface area contributed by atoms with E-state index in [1.165, 1.54) is 5.56 Å². The van der Waals surface area contributed by atoms with Crippen molar-refractivity contribution in [3.63, 3.8) is 0 Å². The van der Waals surface area contributed by atoms with Gasteiger partial charge >= 0.3 is 0 Å². The molecule has 0 fully saturated rings. The van der Waals surface area contributed by atoms with E-state index in [0.29, 0.717) is 49.1 Å². The van der Waals surface area contributed by atoms with E-state index in [9.17, 15) is 5.11 Å². The minimum atomic E-state index is -0.124. The Bertz CT molecular complexity index is 2020. The summed E-state index contributed by atoms with van der Waals surface area (Å²) < 4.78 is 4.98. The number of hydrogen-bond donors (Lipinski definition) is 8. The summed E-state index contributed by atoms with van der Waals surface area (Å²) in [6.07, 6.45) is 0. The Morgan fingerprint density at radius 1 is 0.674 bits per heavy atom. The number of hydrogen-bond acceptors (Lipinski definition) is 11. The number of benzene rings is 6. The van der Waals surface area contributed by atoms with E-state index in [0.717, 1.165) is 22.0 Å². The predicted molar refractivity (Wildman–Crippen MR) is 199 cm³/mol. The first kappa shape index (κ1) is 33.6. The smallest absolute Gasteiger partial charge is 0.154 e. The molecule has 0 saturated heterocycles. The standard InChI is InChI=1S/C20H16N4OS2.C8H12N2O.C7H9N/c21-13-9-15(26)12-8-16(27)19(20(25)17(12)18(13)22)24-23-14-7-3-5-10-4-1-2-6-11(10)14;1-5-3-7(10)8(11-2)4-6(5)9;1-6-2-4-7(8)5-3-6/h1-9,25-27H,21-22H2;3-4H,9-10H2,1-2H3;2-5H,8H2,1H3. The van der Waals surface area contributed by atoms with E-state index < -0.39 is 0 Å². The molecule has 0 aliphatic heterocycles. The lowest BCUT2D eigenvalue weighted by Gasteiger charge is -2.13. The van der Waals surface area contributed by atoms with Crippen LogP contribution in [0.25, 0.3) is 21.5 Å². The van der Waals surface area contributed by atoms with Gasteiger partial charge in [0, 0.05) is 38.0 Å². The van der Waals surface area contributed by atoms with Crippen molar-refractivity contribution in [1.29, 1.82) is 0 Å². The normalized spacial score (nSPS) is 10.7. The molecular weight excluding hydrogens is 615 g/mol. The Kier molecular flexibility index (Phi) is 10.7. The summed E-state index contributed by atoms with van der Waals surface area (Å²) in [5.74, 6) is 0.509. The van der Waals surface area contributed by atoms with Crippen molar-refractivity contribution in [3.05, 3.63) is 102 Å². The summed E-state index contributed by atoms with van der Waals surface area (Å²) in [5.41, 5.74) is 34.6. The van der Waals surface area contributed by atoms with E-state index in [2.05, 4.69) is 35.5 Å². The number of ether oxygens (including phenoxy) is 1. The van der Waals surface area contributed by atoms with E-state index >= 15 is 0 Å². The van der Waals surface area contributed by atoms with E-state index in [1.807, 2.05) is 80.6 Å². The molecule has 11 heteroatoms. The van der Waals surface area contributed by atoms with Gasteiger partial charge in [0.15, 0.2) is 5.75 Å². The Hall–Kier alpha value is -5.26. The maximum atomic E-state index is 10.8. The second-order valence-corrected chi connectivity index (χ2v) is 11.4. The quantitative estimate of drug-likeness (QED) is 0.0535. The fraction of sp³-hybridized carbons (Fsp3) is 0.0857. The van der Waals surface area contributed by atoms with Gasteiger partial charge < -0.3 is 38.5 Å². The number of phenols is 1. The number of azo groups is 1. The van der Waals surface area contributed by atoms with Gasteiger partial charge in [-0.1, -0.05) is 54.1 Å². The van der Waals surface area contributed by atoms with Crippen LogP contribution in [0.2, 0.25) is 0 Å². The molecule has 6 rings (SSSR count). The van der Waals surface area contributed by atoms with E-state index in [1.54, 1.807) is 31.4 Å². The number of aromatic hydroxyl groups is 1. The first-order valence-electron chi connectivity index (χ1n) is 14.1. The second-order valence-electron chi connectivity index (χ2n) is 10.5. The van der Waals surface area contributed by atoms with Gasteiger partial charge in [-0.2, -0.15) is 0 Å². The number of nitrogen functional groups attached to an aromatic ring is 5. The fourth-order valence-electron chi connectivity index (χ4n) is 4.53. The average Bonchev–Trinajstić information content (AvgIpc) is 3.03. The third-order valence-electron chi connectivity index (χ3n) is 7.12. The lowest BCUT2D eigenvalue weighted by atomic mass is 10.1. The molecule has 6 aromatic carbocycles. The van der Waals surface area contributed by atoms with Crippen LogP contribution in [0.5, 0.6) is 11.5 Å². The van der Waals surface area contributed by atoms with Crippen molar-refractivity contribution in [3.8, 4) is 11.5 Å². The summed E-state index contributed by atoms with van der Waals surface area (Å²) in [7, 11) is 1.57. The van der Waals surface area contributed by atoms with Gasteiger partial charge in [-0.05, 0) is 61.2 Å². The number of nitrogens with two attached hydrogens (primary N) is 5. The van der Waals surface area contributed by atoms with Gasteiger partial charge in [0.1, 0.15) is 11.4 Å². The zero-order valence-corrected chi connectivity index (χ0v) is 27.5.